The maximum absolute atomic E-state index is 13.0. The molecule has 4 aromatic carbocycles. The Morgan fingerprint density at radius 1 is 0.886 bits per heavy atom. The molecule has 1 fully saturated rings. The molecule has 0 spiro atoms. The number of nitrogens with one attached hydrogen (secondary N) is 1. The topological polar surface area (TPSA) is 89.5 Å². The summed E-state index contributed by atoms with van der Waals surface area (Å²) in [6.45, 7) is 9.73. The number of likely N-dealkylation sites (tertiary alicyclic amines) is 1. The van der Waals surface area contributed by atoms with E-state index in [-0.39, 0.29) is 0 Å². The molecule has 8 nitrogen and oxygen atoms in total. The third-order valence-electron chi connectivity index (χ3n) is 7.88. The van der Waals surface area contributed by atoms with Crippen LogP contribution in [-0.2, 0) is 0 Å². The van der Waals surface area contributed by atoms with Gasteiger partial charge in [0.05, 0.1) is 11.1 Å². The summed E-state index contributed by atoms with van der Waals surface area (Å²) in [6.07, 6.45) is 2.56. The summed E-state index contributed by atoms with van der Waals surface area (Å²) in [4.78, 5) is 20.1. The number of hydrogen-bond donors (Lipinski definition) is 1. The zero-order valence-electron chi connectivity index (χ0n) is 25.1. The molecule has 0 aliphatic carbocycles. The van der Waals surface area contributed by atoms with Gasteiger partial charge in [-0.2, -0.15) is 0 Å². The minimum absolute atomic E-state index is 0.398. The highest BCUT2D eigenvalue weighted by Crippen LogP contribution is 2.34. The average molecular weight is 608 g/mol. The molecular weight excluding hydrogens is 574 g/mol. The van der Waals surface area contributed by atoms with Crippen molar-refractivity contribution in [2.24, 2.45) is 0 Å². The Labute approximate surface area is 262 Å². The zero-order valence-corrected chi connectivity index (χ0v) is 25.8. The normalized spacial score (nSPS) is 13.3. The smallest absolute Gasteiger partial charge is 0.344 e. The first kappa shape index (κ1) is 29.5. The van der Waals surface area contributed by atoms with Crippen molar-refractivity contribution in [3.05, 3.63) is 100 Å². The van der Waals surface area contributed by atoms with Crippen LogP contribution in [0.3, 0.4) is 0 Å². The van der Waals surface area contributed by atoms with Crippen molar-refractivity contribution < 1.29 is 14.3 Å². The lowest BCUT2D eigenvalue weighted by molar-refractivity contribution is 0.0733. The van der Waals surface area contributed by atoms with E-state index in [2.05, 4.69) is 20.4 Å². The van der Waals surface area contributed by atoms with Crippen molar-refractivity contribution in [3.8, 4) is 22.6 Å². The molecule has 224 valence electrons. The lowest BCUT2D eigenvalue weighted by atomic mass is 10.0. The number of carbonyl (C=O) groups is 1. The third kappa shape index (κ3) is 6.67. The van der Waals surface area contributed by atoms with Gasteiger partial charge in [-0.3, -0.25) is 4.90 Å². The Hall–Kier alpha value is -4.53. The summed E-state index contributed by atoms with van der Waals surface area (Å²) in [6, 6.07) is 22.5. The first-order valence-electron chi connectivity index (χ1n) is 14.8. The minimum Gasteiger partial charge on any atom is -0.492 e. The number of hydrogen-bond acceptors (Lipinski definition) is 8. The van der Waals surface area contributed by atoms with Crippen LogP contribution in [0, 0.1) is 20.8 Å². The molecule has 1 aliphatic heterocycles. The molecule has 0 atom stereocenters. The number of halogens is 1. The number of nitrogens with zero attached hydrogens (tertiary/aromatic N) is 4. The number of aryl methyl sites for hydroxylation is 3. The van der Waals surface area contributed by atoms with E-state index in [4.69, 9.17) is 26.1 Å². The number of carbonyl (C=O) groups excluding carboxylic acids is 1. The van der Waals surface area contributed by atoms with E-state index in [0.717, 1.165) is 51.3 Å². The highest BCUT2D eigenvalue weighted by molar-refractivity contribution is 6.33. The van der Waals surface area contributed by atoms with E-state index >= 15 is 0 Å². The van der Waals surface area contributed by atoms with Crippen molar-refractivity contribution in [2.45, 2.75) is 33.6 Å². The fourth-order valence-corrected chi connectivity index (χ4v) is 5.79. The Balaban J connectivity index is 1.16. The fraction of sp³-hybridized carbons (Fsp3) is 0.257. The van der Waals surface area contributed by atoms with Crippen LogP contribution < -0.4 is 14.8 Å². The van der Waals surface area contributed by atoms with E-state index in [1.165, 1.54) is 25.9 Å². The number of anilines is 2. The number of benzene rings is 4. The molecule has 44 heavy (non-hydrogen) atoms. The van der Waals surface area contributed by atoms with E-state index in [9.17, 15) is 4.79 Å². The Morgan fingerprint density at radius 2 is 1.61 bits per heavy atom. The second-order valence-electron chi connectivity index (χ2n) is 11.1. The van der Waals surface area contributed by atoms with Gasteiger partial charge in [0.2, 0.25) is 5.95 Å². The molecule has 6 rings (SSSR count). The van der Waals surface area contributed by atoms with Gasteiger partial charge in [0.1, 0.15) is 23.6 Å². The molecule has 0 radical (unpaired) electrons. The van der Waals surface area contributed by atoms with Crippen molar-refractivity contribution in [2.75, 3.05) is 31.6 Å². The fourth-order valence-electron chi connectivity index (χ4n) is 5.57. The molecule has 0 bridgehead atoms. The monoisotopic (exact) mass is 607 g/mol. The van der Waals surface area contributed by atoms with Crippen molar-refractivity contribution in [3.63, 3.8) is 0 Å². The molecule has 2 heterocycles. The number of aromatic nitrogens is 3. The largest absolute Gasteiger partial charge is 0.492 e. The van der Waals surface area contributed by atoms with Gasteiger partial charge < -0.3 is 14.8 Å². The van der Waals surface area contributed by atoms with E-state index < -0.39 is 5.97 Å². The standard InChI is InChI=1S/C35H34ClN5O3/c1-22-7-6-8-23(2)32(22)34(42)44-28-13-14-30(36)29(21-28)25-19-24(3)33-31(20-25)39-40-35(38-33)37-26-9-11-27(12-10-26)43-18-17-41-15-4-5-16-41/h6-14,19-21H,4-5,15-18H2,1-3H3,(H,37,38,40). The third-order valence-corrected chi connectivity index (χ3v) is 8.21. The predicted octanol–water partition coefficient (Wildman–Crippen LogP) is 7.71. The average Bonchev–Trinajstić information content (AvgIpc) is 3.53. The van der Waals surface area contributed by atoms with Gasteiger partial charge in [-0.25, -0.2) is 9.78 Å². The van der Waals surface area contributed by atoms with Gasteiger partial charge in [0.25, 0.3) is 0 Å². The van der Waals surface area contributed by atoms with E-state index in [0.29, 0.717) is 34.4 Å². The molecule has 9 heteroatoms. The first-order valence-corrected chi connectivity index (χ1v) is 15.2. The maximum atomic E-state index is 13.0. The highest BCUT2D eigenvalue weighted by Gasteiger charge is 2.17. The van der Waals surface area contributed by atoms with Crippen LogP contribution in [-0.4, -0.2) is 52.3 Å². The summed E-state index contributed by atoms with van der Waals surface area (Å²) >= 11 is 6.61. The number of fused-ring (bicyclic) bond motifs is 1. The second kappa shape index (κ2) is 13.0. The quantitative estimate of drug-likeness (QED) is 0.135. The number of ether oxygens (including phenoxy) is 2. The van der Waals surface area contributed by atoms with Gasteiger partial charge in [0, 0.05) is 22.8 Å². The Morgan fingerprint density at radius 3 is 2.36 bits per heavy atom. The van der Waals surface area contributed by atoms with E-state index in [1.54, 1.807) is 18.2 Å². The van der Waals surface area contributed by atoms with Crippen molar-refractivity contribution >= 4 is 40.2 Å². The molecule has 1 N–H and O–H groups in total. The number of esters is 1. The minimum atomic E-state index is -0.404. The maximum Gasteiger partial charge on any atom is 0.344 e. The Bertz CT molecular complexity index is 1800. The molecule has 1 saturated heterocycles. The molecule has 0 saturated carbocycles. The summed E-state index contributed by atoms with van der Waals surface area (Å²) in [5.41, 5.74) is 6.93. The summed E-state index contributed by atoms with van der Waals surface area (Å²) in [5, 5.41) is 12.5. The first-order chi connectivity index (χ1) is 21.3. The lowest BCUT2D eigenvalue weighted by Gasteiger charge is -2.15. The molecule has 1 aliphatic rings. The molecule has 0 amide bonds. The summed E-state index contributed by atoms with van der Waals surface area (Å²) in [5.74, 6) is 1.23. The number of rotatable bonds is 9. The SMILES string of the molecule is Cc1cccc(C)c1C(=O)Oc1ccc(Cl)c(-c2cc(C)c3nc(Nc4ccc(OCCN5CCCC5)cc4)nnc3c2)c1. The van der Waals surface area contributed by atoms with Gasteiger partial charge in [-0.15, -0.1) is 10.2 Å². The van der Waals surface area contributed by atoms with Crippen LogP contribution in [0.4, 0.5) is 11.6 Å². The molecular formula is C35H34ClN5O3. The zero-order chi connectivity index (χ0) is 30.6. The molecule has 5 aromatic rings. The molecule has 1 aromatic heterocycles. The van der Waals surface area contributed by atoms with Crippen LogP contribution in [0.15, 0.2) is 72.8 Å². The van der Waals surface area contributed by atoms with Crippen LogP contribution in [0.25, 0.3) is 22.2 Å². The van der Waals surface area contributed by atoms with Gasteiger partial charge >= 0.3 is 5.97 Å². The van der Waals surface area contributed by atoms with Crippen LogP contribution >= 0.6 is 11.6 Å². The molecule has 0 unspecified atom stereocenters. The summed E-state index contributed by atoms with van der Waals surface area (Å²) < 4.78 is 11.7. The van der Waals surface area contributed by atoms with Crippen LogP contribution in [0.1, 0.15) is 39.9 Å². The van der Waals surface area contributed by atoms with E-state index in [1.807, 2.05) is 75.4 Å². The summed E-state index contributed by atoms with van der Waals surface area (Å²) in [7, 11) is 0. The van der Waals surface area contributed by atoms with Crippen molar-refractivity contribution in [1.82, 2.24) is 20.1 Å². The Kier molecular flexibility index (Phi) is 8.72. The second-order valence-corrected chi connectivity index (χ2v) is 11.5. The highest BCUT2D eigenvalue weighted by atomic mass is 35.5. The van der Waals surface area contributed by atoms with Gasteiger partial charge in [-0.1, -0.05) is 29.8 Å². The van der Waals surface area contributed by atoms with Crippen molar-refractivity contribution in [1.29, 1.82) is 0 Å². The van der Waals surface area contributed by atoms with Crippen LogP contribution in [0.5, 0.6) is 11.5 Å². The van der Waals surface area contributed by atoms with Crippen LogP contribution in [0.2, 0.25) is 5.02 Å². The van der Waals surface area contributed by atoms with Gasteiger partial charge in [-0.05, 0) is 124 Å². The predicted molar refractivity (Wildman–Crippen MR) is 174 cm³/mol. The lowest BCUT2D eigenvalue weighted by Crippen LogP contribution is -2.25. The van der Waals surface area contributed by atoms with Gasteiger partial charge in [0.15, 0.2) is 0 Å².